The van der Waals surface area contributed by atoms with Crippen molar-refractivity contribution < 1.29 is 13.5 Å². The second kappa shape index (κ2) is 6.56. The Kier molecular flexibility index (Phi) is 5.01. The molecule has 1 aliphatic rings. The number of aliphatic hydroxyl groups excluding tert-OH is 1. The summed E-state index contributed by atoms with van der Waals surface area (Å²) in [5, 5.41) is 12.7. The molecule has 0 aromatic heterocycles. The van der Waals surface area contributed by atoms with Gasteiger partial charge in [0.15, 0.2) is 0 Å². The first-order valence-electron chi connectivity index (χ1n) is 7.07. The van der Waals surface area contributed by atoms with Crippen LogP contribution in [0.5, 0.6) is 0 Å². The van der Waals surface area contributed by atoms with Crippen LogP contribution in [0, 0.1) is 0 Å². The fourth-order valence-corrected chi connectivity index (χ4v) is 3.96. The predicted octanol–water partition coefficient (Wildman–Crippen LogP) is 1.65. The van der Waals surface area contributed by atoms with Gasteiger partial charge in [-0.15, -0.1) is 0 Å². The van der Waals surface area contributed by atoms with E-state index in [1.165, 1.54) is 4.31 Å². The molecule has 1 saturated heterocycles. The van der Waals surface area contributed by atoms with Crippen LogP contribution in [0.2, 0.25) is 0 Å². The van der Waals surface area contributed by atoms with E-state index in [2.05, 4.69) is 5.32 Å². The Hall–Kier alpha value is -1.11. The maximum absolute atomic E-state index is 12.7. The zero-order valence-corrected chi connectivity index (χ0v) is 12.6. The van der Waals surface area contributed by atoms with E-state index >= 15 is 0 Å². The van der Waals surface area contributed by atoms with E-state index in [4.69, 9.17) is 0 Å². The standard InChI is InChI=1S/C14H22N2O3S/c1-2-9-15-13-5-3-4-6-14(13)20(18,19)16-10-7-12(17)8-11-16/h3-6,12,15,17H,2,7-11H2,1H3. The Morgan fingerprint density at radius 3 is 2.60 bits per heavy atom. The Bertz CT molecular complexity index is 537. The lowest BCUT2D eigenvalue weighted by Crippen LogP contribution is -2.40. The van der Waals surface area contributed by atoms with Crippen molar-refractivity contribution in [3.05, 3.63) is 24.3 Å². The third-order valence-electron chi connectivity index (χ3n) is 3.49. The van der Waals surface area contributed by atoms with E-state index in [1.54, 1.807) is 18.2 Å². The average Bonchev–Trinajstić information content (AvgIpc) is 2.46. The zero-order valence-electron chi connectivity index (χ0n) is 11.7. The number of anilines is 1. The van der Waals surface area contributed by atoms with Crippen LogP contribution in [-0.4, -0.2) is 43.6 Å². The summed E-state index contributed by atoms with van der Waals surface area (Å²) in [5.74, 6) is 0. The number of benzene rings is 1. The van der Waals surface area contributed by atoms with Crippen LogP contribution in [0.15, 0.2) is 29.2 Å². The molecule has 0 spiro atoms. The van der Waals surface area contributed by atoms with Crippen molar-refractivity contribution in [1.29, 1.82) is 0 Å². The highest BCUT2D eigenvalue weighted by Crippen LogP contribution is 2.26. The minimum Gasteiger partial charge on any atom is -0.393 e. The van der Waals surface area contributed by atoms with Gasteiger partial charge < -0.3 is 10.4 Å². The molecule has 1 aliphatic heterocycles. The molecule has 1 fully saturated rings. The van der Waals surface area contributed by atoms with Crippen molar-refractivity contribution in [3.63, 3.8) is 0 Å². The number of para-hydroxylation sites is 1. The van der Waals surface area contributed by atoms with E-state index in [9.17, 15) is 13.5 Å². The lowest BCUT2D eigenvalue weighted by molar-refractivity contribution is 0.113. The SMILES string of the molecule is CCCNc1ccccc1S(=O)(=O)N1CCC(O)CC1. The number of nitrogens with zero attached hydrogens (tertiary/aromatic N) is 1. The maximum Gasteiger partial charge on any atom is 0.245 e. The summed E-state index contributed by atoms with van der Waals surface area (Å²) in [6.07, 6.45) is 1.56. The summed E-state index contributed by atoms with van der Waals surface area (Å²) in [5.41, 5.74) is 0.653. The molecule has 0 aliphatic carbocycles. The molecule has 112 valence electrons. The monoisotopic (exact) mass is 298 g/mol. The summed E-state index contributed by atoms with van der Waals surface area (Å²) in [6.45, 7) is 3.54. The molecule has 0 bridgehead atoms. The highest BCUT2D eigenvalue weighted by Gasteiger charge is 2.30. The number of hydrogen-bond acceptors (Lipinski definition) is 4. The second-order valence-corrected chi connectivity index (χ2v) is 6.96. The van der Waals surface area contributed by atoms with Gasteiger partial charge >= 0.3 is 0 Å². The van der Waals surface area contributed by atoms with Crippen LogP contribution in [0.3, 0.4) is 0 Å². The summed E-state index contributed by atoms with van der Waals surface area (Å²) >= 11 is 0. The summed E-state index contributed by atoms with van der Waals surface area (Å²) in [6, 6.07) is 7.00. The van der Waals surface area contributed by atoms with E-state index in [1.807, 2.05) is 13.0 Å². The number of sulfonamides is 1. The van der Waals surface area contributed by atoms with Gasteiger partial charge in [-0.25, -0.2) is 8.42 Å². The first-order valence-corrected chi connectivity index (χ1v) is 8.51. The molecule has 6 heteroatoms. The molecule has 0 atom stereocenters. The van der Waals surface area contributed by atoms with Crippen LogP contribution in [-0.2, 0) is 10.0 Å². The Morgan fingerprint density at radius 1 is 1.30 bits per heavy atom. The van der Waals surface area contributed by atoms with Crippen molar-refractivity contribution in [2.24, 2.45) is 0 Å². The van der Waals surface area contributed by atoms with Crippen LogP contribution in [0.4, 0.5) is 5.69 Å². The molecule has 0 amide bonds. The molecule has 2 rings (SSSR count). The second-order valence-electron chi connectivity index (χ2n) is 5.06. The summed E-state index contributed by atoms with van der Waals surface area (Å²) in [7, 11) is -3.49. The normalized spacial score (nSPS) is 18.1. The summed E-state index contributed by atoms with van der Waals surface area (Å²) < 4.78 is 26.8. The molecule has 0 saturated carbocycles. The quantitative estimate of drug-likeness (QED) is 0.867. The van der Waals surface area contributed by atoms with Gasteiger partial charge in [-0.3, -0.25) is 0 Å². The topological polar surface area (TPSA) is 69.6 Å². The minimum atomic E-state index is -3.49. The van der Waals surface area contributed by atoms with Gasteiger partial charge in [-0.05, 0) is 31.4 Å². The van der Waals surface area contributed by atoms with E-state index in [0.717, 1.165) is 13.0 Å². The fourth-order valence-electron chi connectivity index (χ4n) is 2.32. The van der Waals surface area contributed by atoms with Crippen LogP contribution in [0.1, 0.15) is 26.2 Å². The highest BCUT2D eigenvalue weighted by molar-refractivity contribution is 7.89. The lowest BCUT2D eigenvalue weighted by atomic mass is 10.1. The highest BCUT2D eigenvalue weighted by atomic mass is 32.2. The maximum atomic E-state index is 12.7. The molecule has 1 aromatic rings. The van der Waals surface area contributed by atoms with E-state index in [-0.39, 0.29) is 6.10 Å². The van der Waals surface area contributed by atoms with Gasteiger partial charge in [0.2, 0.25) is 10.0 Å². The zero-order chi connectivity index (χ0) is 14.6. The van der Waals surface area contributed by atoms with Gasteiger partial charge in [0.1, 0.15) is 4.90 Å². The molecule has 5 nitrogen and oxygen atoms in total. The molecule has 1 aromatic carbocycles. The molecule has 1 heterocycles. The van der Waals surface area contributed by atoms with Crippen LogP contribution < -0.4 is 5.32 Å². The van der Waals surface area contributed by atoms with Gasteiger partial charge in [-0.1, -0.05) is 19.1 Å². The number of nitrogens with one attached hydrogen (secondary N) is 1. The van der Waals surface area contributed by atoms with E-state index < -0.39 is 10.0 Å². The largest absolute Gasteiger partial charge is 0.393 e. The summed E-state index contributed by atoms with van der Waals surface area (Å²) in [4.78, 5) is 0.324. The Labute approximate surface area is 120 Å². The van der Waals surface area contributed by atoms with Crippen molar-refractivity contribution in [3.8, 4) is 0 Å². The van der Waals surface area contributed by atoms with Gasteiger partial charge in [-0.2, -0.15) is 4.31 Å². The molecular formula is C14H22N2O3S. The van der Waals surface area contributed by atoms with E-state index in [0.29, 0.717) is 36.5 Å². The van der Waals surface area contributed by atoms with Crippen LogP contribution in [0.25, 0.3) is 0 Å². The number of hydrogen-bond donors (Lipinski definition) is 2. The Morgan fingerprint density at radius 2 is 1.95 bits per heavy atom. The molecule has 0 unspecified atom stereocenters. The third-order valence-corrected chi connectivity index (χ3v) is 5.45. The molecular weight excluding hydrogens is 276 g/mol. The number of aliphatic hydroxyl groups is 1. The number of rotatable bonds is 5. The molecule has 2 N–H and O–H groups in total. The van der Waals surface area contributed by atoms with Crippen molar-refractivity contribution in [1.82, 2.24) is 4.31 Å². The first-order chi connectivity index (χ1) is 9.55. The smallest absolute Gasteiger partial charge is 0.245 e. The first kappa shape index (κ1) is 15.3. The van der Waals surface area contributed by atoms with Crippen LogP contribution >= 0.6 is 0 Å². The predicted molar refractivity (Wildman–Crippen MR) is 79.2 cm³/mol. The van der Waals surface area contributed by atoms with Crippen molar-refractivity contribution in [2.75, 3.05) is 25.0 Å². The van der Waals surface area contributed by atoms with Crippen molar-refractivity contribution >= 4 is 15.7 Å². The van der Waals surface area contributed by atoms with Gasteiger partial charge in [0.25, 0.3) is 0 Å². The van der Waals surface area contributed by atoms with Gasteiger partial charge in [0.05, 0.1) is 11.8 Å². The average molecular weight is 298 g/mol. The Balaban J connectivity index is 2.25. The fraction of sp³-hybridized carbons (Fsp3) is 0.571. The lowest BCUT2D eigenvalue weighted by Gasteiger charge is -2.29. The minimum absolute atomic E-state index is 0.324. The molecule has 20 heavy (non-hydrogen) atoms. The number of piperidine rings is 1. The van der Waals surface area contributed by atoms with Gasteiger partial charge in [0, 0.05) is 19.6 Å². The third kappa shape index (κ3) is 3.31. The molecule has 0 radical (unpaired) electrons. The van der Waals surface area contributed by atoms with Crippen molar-refractivity contribution in [2.45, 2.75) is 37.2 Å².